The van der Waals surface area contributed by atoms with E-state index in [2.05, 4.69) is 0 Å². The Labute approximate surface area is 78.3 Å². The van der Waals surface area contributed by atoms with Crippen molar-refractivity contribution in [2.75, 3.05) is 0 Å². The zero-order valence-corrected chi connectivity index (χ0v) is 6.75. The van der Waals surface area contributed by atoms with Gasteiger partial charge in [-0.1, -0.05) is 18.2 Å². The predicted octanol–water partition coefficient (Wildman–Crippen LogP) is 1.01. The number of benzene rings is 1. The first-order chi connectivity index (χ1) is 3.39. The summed E-state index contributed by atoms with van der Waals surface area (Å²) in [7, 11) is 0. The van der Waals surface area contributed by atoms with Gasteiger partial charge < -0.3 is 5.11 Å². The molecule has 0 amide bonds. The summed E-state index contributed by atoms with van der Waals surface area (Å²) in [6.45, 7) is 0. The van der Waals surface area contributed by atoms with Gasteiger partial charge in [0.25, 0.3) is 0 Å². The standard InChI is InChI=1S/C6H6O.Ca/c7-6-4-2-1-3-5-6;/h1-5,7H;. The zero-order chi connectivity index (χ0) is 5.11. The topological polar surface area (TPSA) is 20.2 Å². The van der Waals surface area contributed by atoms with Crippen molar-refractivity contribution >= 4 is 37.7 Å². The minimum Gasteiger partial charge on any atom is -0.508 e. The van der Waals surface area contributed by atoms with Crippen molar-refractivity contribution in [3.63, 3.8) is 0 Å². The van der Waals surface area contributed by atoms with E-state index in [1.165, 1.54) is 0 Å². The number of aromatic hydroxyl groups is 1. The van der Waals surface area contributed by atoms with Gasteiger partial charge in [-0.3, -0.25) is 0 Å². The molecule has 0 aliphatic heterocycles. The third kappa shape index (κ3) is 2.55. The minimum atomic E-state index is 0. The van der Waals surface area contributed by atoms with Gasteiger partial charge in [0.1, 0.15) is 5.75 Å². The molecule has 1 N–H and O–H groups in total. The number of rotatable bonds is 0. The van der Waals surface area contributed by atoms with Crippen LogP contribution in [0.2, 0.25) is 0 Å². The van der Waals surface area contributed by atoms with E-state index in [1.807, 2.05) is 6.07 Å². The molecule has 0 saturated heterocycles. The van der Waals surface area contributed by atoms with E-state index in [-0.39, 0.29) is 37.7 Å². The molecule has 1 rings (SSSR count). The predicted molar refractivity (Wildman–Crippen MR) is 33.9 cm³/mol. The van der Waals surface area contributed by atoms with Crippen LogP contribution in [0.5, 0.6) is 5.75 Å². The van der Waals surface area contributed by atoms with Crippen LogP contribution in [-0.4, -0.2) is 42.8 Å². The molecule has 1 aromatic carbocycles. The fraction of sp³-hybridized carbons (Fsp3) is 0. The van der Waals surface area contributed by atoms with Gasteiger partial charge in [-0.15, -0.1) is 0 Å². The van der Waals surface area contributed by atoms with Gasteiger partial charge in [-0.25, -0.2) is 0 Å². The number of phenols is 1. The maximum atomic E-state index is 8.63. The average Bonchev–Trinajstić information content (AvgIpc) is 1.69. The second kappa shape index (κ2) is 4.19. The van der Waals surface area contributed by atoms with Gasteiger partial charge >= 0.3 is 0 Å². The minimum absolute atomic E-state index is 0. The molecule has 2 radical (unpaired) electrons. The average molecular weight is 134 g/mol. The van der Waals surface area contributed by atoms with Crippen molar-refractivity contribution in [1.29, 1.82) is 0 Å². The number of hydrogen-bond acceptors (Lipinski definition) is 1. The smallest absolute Gasteiger partial charge is 0.115 e. The molecule has 0 aliphatic carbocycles. The van der Waals surface area contributed by atoms with E-state index in [9.17, 15) is 0 Å². The SMILES string of the molecule is Oc1ccccc1.[Ca]. The molecule has 0 heterocycles. The summed E-state index contributed by atoms with van der Waals surface area (Å²) in [6.07, 6.45) is 0. The van der Waals surface area contributed by atoms with Crippen molar-refractivity contribution in [2.45, 2.75) is 0 Å². The number of phenolic OH excluding ortho intramolecular Hbond substituents is 1. The van der Waals surface area contributed by atoms with Gasteiger partial charge in [0.05, 0.1) is 0 Å². The van der Waals surface area contributed by atoms with Crippen molar-refractivity contribution in [3.8, 4) is 5.75 Å². The molecule has 0 unspecified atom stereocenters. The Kier molecular flexibility index (Phi) is 4.33. The van der Waals surface area contributed by atoms with Gasteiger partial charge in [0, 0.05) is 37.7 Å². The van der Waals surface area contributed by atoms with E-state index in [1.54, 1.807) is 24.3 Å². The van der Waals surface area contributed by atoms with Crippen molar-refractivity contribution < 1.29 is 5.11 Å². The Morgan fingerprint density at radius 2 is 1.50 bits per heavy atom. The maximum Gasteiger partial charge on any atom is 0.115 e. The van der Waals surface area contributed by atoms with Crippen LogP contribution in [0.1, 0.15) is 0 Å². The third-order valence-corrected chi connectivity index (χ3v) is 0.756. The van der Waals surface area contributed by atoms with Crippen LogP contribution in [0, 0.1) is 0 Å². The molecular formula is C6H6CaO. The van der Waals surface area contributed by atoms with Crippen LogP contribution in [-0.2, 0) is 0 Å². The summed E-state index contributed by atoms with van der Waals surface area (Å²) in [6, 6.07) is 8.71. The summed E-state index contributed by atoms with van der Waals surface area (Å²) < 4.78 is 0. The van der Waals surface area contributed by atoms with E-state index in [4.69, 9.17) is 5.11 Å². The molecule has 0 fully saturated rings. The third-order valence-electron chi connectivity index (χ3n) is 0.756. The molecule has 0 aliphatic rings. The van der Waals surface area contributed by atoms with Crippen LogP contribution in [0.4, 0.5) is 0 Å². The van der Waals surface area contributed by atoms with Crippen LogP contribution in [0.25, 0.3) is 0 Å². The largest absolute Gasteiger partial charge is 0.508 e. The summed E-state index contributed by atoms with van der Waals surface area (Å²) in [5, 5.41) is 8.63. The number of para-hydroxylation sites is 1. The Balaban J connectivity index is 0.000000490. The molecule has 8 heavy (non-hydrogen) atoms. The monoisotopic (exact) mass is 134 g/mol. The van der Waals surface area contributed by atoms with Crippen molar-refractivity contribution in [2.24, 2.45) is 0 Å². The van der Waals surface area contributed by atoms with Crippen LogP contribution >= 0.6 is 0 Å². The number of hydrogen-bond donors (Lipinski definition) is 1. The normalized spacial score (nSPS) is 7.50. The molecule has 0 spiro atoms. The Hall–Kier alpha value is 0.280. The molecular weight excluding hydrogens is 128 g/mol. The summed E-state index contributed by atoms with van der Waals surface area (Å²) in [5.41, 5.74) is 0. The first-order valence-electron chi connectivity index (χ1n) is 2.13. The molecule has 2 heteroatoms. The Bertz CT molecular complexity index is 138. The zero-order valence-electron chi connectivity index (χ0n) is 4.54. The first kappa shape index (κ1) is 8.28. The molecule has 0 bridgehead atoms. The van der Waals surface area contributed by atoms with Gasteiger partial charge in [0.15, 0.2) is 0 Å². The van der Waals surface area contributed by atoms with Crippen LogP contribution in [0.3, 0.4) is 0 Å². The van der Waals surface area contributed by atoms with Crippen molar-refractivity contribution in [1.82, 2.24) is 0 Å². The molecule has 0 saturated carbocycles. The molecule has 0 atom stereocenters. The quantitative estimate of drug-likeness (QED) is 0.525. The summed E-state index contributed by atoms with van der Waals surface area (Å²) in [5.74, 6) is 0.322. The summed E-state index contributed by atoms with van der Waals surface area (Å²) >= 11 is 0. The Morgan fingerprint density at radius 3 is 1.75 bits per heavy atom. The van der Waals surface area contributed by atoms with E-state index in [0.717, 1.165) is 0 Å². The van der Waals surface area contributed by atoms with E-state index in [0.29, 0.717) is 5.75 Å². The summed E-state index contributed by atoms with van der Waals surface area (Å²) in [4.78, 5) is 0. The van der Waals surface area contributed by atoms with Gasteiger partial charge in [0.2, 0.25) is 0 Å². The molecule has 1 nitrogen and oxygen atoms in total. The van der Waals surface area contributed by atoms with E-state index < -0.39 is 0 Å². The second-order valence-corrected chi connectivity index (χ2v) is 1.34. The molecule has 1 aromatic rings. The maximum absolute atomic E-state index is 8.63. The first-order valence-corrected chi connectivity index (χ1v) is 2.13. The van der Waals surface area contributed by atoms with Gasteiger partial charge in [-0.05, 0) is 12.1 Å². The fourth-order valence-electron chi connectivity index (χ4n) is 0.428. The fourth-order valence-corrected chi connectivity index (χ4v) is 0.428. The van der Waals surface area contributed by atoms with Crippen molar-refractivity contribution in [3.05, 3.63) is 30.3 Å². The Morgan fingerprint density at radius 1 is 1.00 bits per heavy atom. The van der Waals surface area contributed by atoms with Gasteiger partial charge in [-0.2, -0.15) is 0 Å². The molecule has 38 valence electrons. The molecule has 0 aromatic heterocycles. The van der Waals surface area contributed by atoms with E-state index >= 15 is 0 Å². The van der Waals surface area contributed by atoms with Crippen LogP contribution < -0.4 is 0 Å². The second-order valence-electron chi connectivity index (χ2n) is 1.34. The van der Waals surface area contributed by atoms with Crippen LogP contribution in [0.15, 0.2) is 30.3 Å².